The highest BCUT2D eigenvalue weighted by atomic mass is 35.5. The van der Waals surface area contributed by atoms with Crippen molar-refractivity contribution in [1.29, 1.82) is 0 Å². The SMILES string of the molecule is Cc1cccc(CCNC2CCCc3sc(Cl)cc32)c1. The van der Waals surface area contributed by atoms with Crippen LogP contribution in [0.2, 0.25) is 4.34 Å². The third kappa shape index (κ3) is 3.25. The molecule has 0 aliphatic heterocycles. The molecule has 0 bridgehead atoms. The minimum atomic E-state index is 0.493. The first-order valence-corrected chi connectivity index (χ1v) is 8.49. The number of aryl methyl sites for hydroxylation is 2. The van der Waals surface area contributed by atoms with Crippen LogP contribution in [-0.2, 0) is 12.8 Å². The second-order valence-corrected chi connectivity index (χ2v) is 7.34. The van der Waals surface area contributed by atoms with Gasteiger partial charge in [0.1, 0.15) is 0 Å². The molecule has 1 aromatic carbocycles. The number of benzene rings is 1. The molecule has 1 N–H and O–H groups in total. The molecular weight excluding hydrogens is 286 g/mol. The molecule has 20 heavy (non-hydrogen) atoms. The van der Waals surface area contributed by atoms with Gasteiger partial charge < -0.3 is 5.32 Å². The molecule has 0 saturated carbocycles. The van der Waals surface area contributed by atoms with Gasteiger partial charge in [0.25, 0.3) is 0 Å². The normalized spacial score (nSPS) is 18.0. The molecular formula is C17H20ClNS. The van der Waals surface area contributed by atoms with Crippen molar-refractivity contribution < 1.29 is 0 Å². The van der Waals surface area contributed by atoms with Crippen molar-refractivity contribution >= 4 is 22.9 Å². The summed E-state index contributed by atoms with van der Waals surface area (Å²) in [5, 5.41) is 3.71. The van der Waals surface area contributed by atoms with Gasteiger partial charge in [0.15, 0.2) is 0 Å². The van der Waals surface area contributed by atoms with Crippen LogP contribution in [0.3, 0.4) is 0 Å². The van der Waals surface area contributed by atoms with Crippen molar-refractivity contribution in [3.05, 3.63) is 56.2 Å². The van der Waals surface area contributed by atoms with Gasteiger partial charge in [-0.1, -0.05) is 41.4 Å². The number of thiophene rings is 1. The van der Waals surface area contributed by atoms with Crippen molar-refractivity contribution in [2.75, 3.05) is 6.54 Å². The van der Waals surface area contributed by atoms with Crippen molar-refractivity contribution in [3.8, 4) is 0 Å². The highest BCUT2D eigenvalue weighted by Crippen LogP contribution is 2.37. The lowest BCUT2D eigenvalue weighted by Crippen LogP contribution is -2.26. The molecule has 0 spiro atoms. The fourth-order valence-electron chi connectivity index (χ4n) is 2.99. The van der Waals surface area contributed by atoms with E-state index in [1.807, 2.05) is 0 Å². The van der Waals surface area contributed by atoms with Gasteiger partial charge >= 0.3 is 0 Å². The lowest BCUT2D eigenvalue weighted by atomic mass is 9.94. The maximum atomic E-state index is 6.15. The monoisotopic (exact) mass is 305 g/mol. The van der Waals surface area contributed by atoms with E-state index in [1.165, 1.54) is 40.8 Å². The van der Waals surface area contributed by atoms with Gasteiger partial charge in [-0.15, -0.1) is 11.3 Å². The van der Waals surface area contributed by atoms with E-state index in [0.717, 1.165) is 17.3 Å². The zero-order chi connectivity index (χ0) is 13.9. The third-order valence-electron chi connectivity index (χ3n) is 3.97. The number of fused-ring (bicyclic) bond motifs is 1. The van der Waals surface area contributed by atoms with Gasteiger partial charge in [-0.05, 0) is 56.3 Å². The Hall–Kier alpha value is -0.830. The first-order valence-electron chi connectivity index (χ1n) is 7.29. The molecule has 1 aliphatic carbocycles. The average molecular weight is 306 g/mol. The molecule has 0 amide bonds. The van der Waals surface area contributed by atoms with E-state index in [1.54, 1.807) is 11.3 Å². The second-order valence-electron chi connectivity index (χ2n) is 5.57. The Bertz CT molecular complexity index is 590. The quantitative estimate of drug-likeness (QED) is 0.845. The first kappa shape index (κ1) is 14.1. The van der Waals surface area contributed by atoms with Crippen LogP contribution in [0.4, 0.5) is 0 Å². The van der Waals surface area contributed by atoms with Crippen LogP contribution < -0.4 is 5.32 Å². The zero-order valence-corrected chi connectivity index (χ0v) is 13.4. The van der Waals surface area contributed by atoms with E-state index < -0.39 is 0 Å². The number of hydrogen-bond donors (Lipinski definition) is 1. The molecule has 1 heterocycles. The molecule has 106 valence electrons. The summed E-state index contributed by atoms with van der Waals surface area (Å²) in [6.07, 6.45) is 4.79. The molecule has 1 nitrogen and oxygen atoms in total. The van der Waals surface area contributed by atoms with Gasteiger partial charge in [0.05, 0.1) is 4.34 Å². The minimum absolute atomic E-state index is 0.493. The van der Waals surface area contributed by atoms with Crippen LogP contribution in [0.15, 0.2) is 30.3 Å². The molecule has 3 heteroatoms. The molecule has 1 atom stereocenters. The van der Waals surface area contributed by atoms with Gasteiger partial charge in [-0.2, -0.15) is 0 Å². The maximum absolute atomic E-state index is 6.15. The summed E-state index contributed by atoms with van der Waals surface area (Å²) in [6, 6.07) is 11.4. The van der Waals surface area contributed by atoms with Gasteiger partial charge in [0, 0.05) is 10.9 Å². The highest BCUT2D eigenvalue weighted by molar-refractivity contribution is 7.16. The maximum Gasteiger partial charge on any atom is 0.0934 e. The van der Waals surface area contributed by atoms with Crippen LogP contribution in [0.5, 0.6) is 0 Å². The molecule has 0 saturated heterocycles. The number of hydrogen-bond acceptors (Lipinski definition) is 2. The Labute approximate surface area is 130 Å². The van der Waals surface area contributed by atoms with Gasteiger partial charge in [0.2, 0.25) is 0 Å². The summed E-state index contributed by atoms with van der Waals surface area (Å²) in [6.45, 7) is 3.18. The molecule has 1 unspecified atom stereocenters. The average Bonchev–Trinajstić information content (AvgIpc) is 2.80. The fraction of sp³-hybridized carbons (Fsp3) is 0.412. The molecule has 0 radical (unpaired) electrons. The molecule has 3 rings (SSSR count). The lowest BCUT2D eigenvalue weighted by molar-refractivity contribution is 0.467. The Morgan fingerprint density at radius 2 is 2.25 bits per heavy atom. The van der Waals surface area contributed by atoms with E-state index in [-0.39, 0.29) is 0 Å². The lowest BCUT2D eigenvalue weighted by Gasteiger charge is -2.23. The predicted molar refractivity (Wildman–Crippen MR) is 87.9 cm³/mol. The number of halogens is 1. The van der Waals surface area contributed by atoms with Crippen LogP contribution >= 0.6 is 22.9 Å². The van der Waals surface area contributed by atoms with E-state index in [2.05, 4.69) is 42.6 Å². The Morgan fingerprint density at radius 3 is 3.10 bits per heavy atom. The number of nitrogens with one attached hydrogen (secondary N) is 1. The van der Waals surface area contributed by atoms with Gasteiger partial charge in [-0.3, -0.25) is 0 Å². The number of rotatable bonds is 4. The molecule has 1 aliphatic rings. The van der Waals surface area contributed by atoms with Crippen molar-refractivity contribution in [2.24, 2.45) is 0 Å². The summed E-state index contributed by atoms with van der Waals surface area (Å²) < 4.78 is 0.933. The Balaban J connectivity index is 1.59. The minimum Gasteiger partial charge on any atom is -0.310 e. The summed E-state index contributed by atoms with van der Waals surface area (Å²) >= 11 is 7.91. The van der Waals surface area contributed by atoms with Crippen LogP contribution in [-0.4, -0.2) is 6.54 Å². The summed E-state index contributed by atoms with van der Waals surface area (Å²) in [5.41, 5.74) is 4.19. The van der Waals surface area contributed by atoms with E-state index >= 15 is 0 Å². The van der Waals surface area contributed by atoms with Crippen molar-refractivity contribution in [3.63, 3.8) is 0 Å². The first-order chi connectivity index (χ1) is 9.72. The van der Waals surface area contributed by atoms with Crippen LogP contribution in [0, 0.1) is 6.92 Å². The Kier molecular flexibility index (Phi) is 4.45. The molecule has 1 aromatic heterocycles. The summed E-state index contributed by atoms with van der Waals surface area (Å²) in [7, 11) is 0. The smallest absolute Gasteiger partial charge is 0.0934 e. The standard InChI is InChI=1S/C17H20ClNS/c1-12-4-2-5-13(10-12)8-9-19-15-6-3-7-16-14(15)11-17(18)20-16/h2,4-5,10-11,15,19H,3,6-9H2,1H3. The zero-order valence-electron chi connectivity index (χ0n) is 11.8. The Morgan fingerprint density at radius 1 is 1.35 bits per heavy atom. The van der Waals surface area contributed by atoms with Crippen molar-refractivity contribution in [1.82, 2.24) is 5.32 Å². The van der Waals surface area contributed by atoms with Crippen LogP contribution in [0.1, 0.15) is 40.5 Å². The summed E-state index contributed by atoms with van der Waals surface area (Å²) in [4.78, 5) is 1.48. The van der Waals surface area contributed by atoms with Crippen molar-refractivity contribution in [2.45, 2.75) is 38.6 Å². The fourth-order valence-corrected chi connectivity index (χ4v) is 4.38. The summed E-state index contributed by atoms with van der Waals surface area (Å²) in [5.74, 6) is 0. The van der Waals surface area contributed by atoms with E-state index in [0.29, 0.717) is 6.04 Å². The topological polar surface area (TPSA) is 12.0 Å². The molecule has 0 fully saturated rings. The highest BCUT2D eigenvalue weighted by Gasteiger charge is 2.21. The largest absolute Gasteiger partial charge is 0.310 e. The van der Waals surface area contributed by atoms with E-state index in [9.17, 15) is 0 Å². The molecule has 2 aromatic rings. The van der Waals surface area contributed by atoms with Crippen LogP contribution in [0.25, 0.3) is 0 Å². The third-order valence-corrected chi connectivity index (χ3v) is 5.31. The van der Waals surface area contributed by atoms with E-state index in [4.69, 9.17) is 11.6 Å². The predicted octanol–water partition coefficient (Wildman–Crippen LogP) is 4.92. The second kappa shape index (κ2) is 6.30. The van der Waals surface area contributed by atoms with Gasteiger partial charge in [-0.25, -0.2) is 0 Å².